The lowest BCUT2D eigenvalue weighted by Crippen LogP contribution is -2.37. The highest BCUT2D eigenvalue weighted by Crippen LogP contribution is 2.28. The number of carbonyl (C=O) groups is 1. The van der Waals surface area contributed by atoms with Gasteiger partial charge in [-0.25, -0.2) is 4.98 Å². The van der Waals surface area contributed by atoms with Gasteiger partial charge < -0.3 is 14.5 Å². The lowest BCUT2D eigenvalue weighted by Gasteiger charge is -2.32. The molecule has 2 aliphatic heterocycles. The summed E-state index contributed by atoms with van der Waals surface area (Å²) in [6.45, 7) is 3.54. The number of ether oxygens (including phenoxy) is 1. The van der Waals surface area contributed by atoms with Gasteiger partial charge in [0, 0.05) is 39.5 Å². The molecule has 0 radical (unpaired) electrons. The number of rotatable bonds is 4. The van der Waals surface area contributed by atoms with Crippen molar-refractivity contribution in [1.29, 1.82) is 0 Å². The van der Waals surface area contributed by atoms with Crippen molar-refractivity contribution < 1.29 is 9.53 Å². The maximum absolute atomic E-state index is 13.0. The number of anilines is 1. The molecule has 4 rings (SSSR count). The van der Waals surface area contributed by atoms with Crippen molar-refractivity contribution in [3.8, 4) is 0 Å². The number of aromatic nitrogens is 1. The molecule has 0 N–H and O–H groups in total. The van der Waals surface area contributed by atoms with E-state index in [1.807, 2.05) is 17.0 Å². The van der Waals surface area contributed by atoms with Crippen LogP contribution < -0.4 is 4.90 Å². The summed E-state index contributed by atoms with van der Waals surface area (Å²) in [6.07, 6.45) is 7.36. The molecule has 5 heteroatoms. The van der Waals surface area contributed by atoms with E-state index in [1.54, 1.807) is 13.3 Å². The van der Waals surface area contributed by atoms with Gasteiger partial charge in [0.05, 0.1) is 11.7 Å². The maximum atomic E-state index is 13.0. The molecule has 3 heterocycles. The van der Waals surface area contributed by atoms with Gasteiger partial charge in [-0.15, -0.1) is 0 Å². The zero-order valence-corrected chi connectivity index (χ0v) is 17.3. The normalized spacial score (nSPS) is 21.1. The van der Waals surface area contributed by atoms with Gasteiger partial charge in [0.25, 0.3) is 5.91 Å². The van der Waals surface area contributed by atoms with Gasteiger partial charge >= 0.3 is 0 Å². The molecular weight excluding hydrogens is 362 g/mol. The molecule has 0 bridgehead atoms. The van der Waals surface area contributed by atoms with Crippen LogP contribution in [0.3, 0.4) is 0 Å². The molecule has 0 spiro atoms. The molecule has 1 aromatic carbocycles. The van der Waals surface area contributed by atoms with E-state index in [1.165, 1.54) is 5.56 Å². The first-order valence-electron chi connectivity index (χ1n) is 10.8. The Kier molecular flexibility index (Phi) is 6.45. The lowest BCUT2D eigenvalue weighted by atomic mass is 9.92. The number of pyridine rings is 1. The minimum absolute atomic E-state index is 0.107. The van der Waals surface area contributed by atoms with Crippen LogP contribution in [-0.2, 0) is 4.74 Å². The topological polar surface area (TPSA) is 45.7 Å². The Hall–Kier alpha value is -2.40. The first kappa shape index (κ1) is 19.9. The number of likely N-dealkylation sites (tertiary alicyclic amines) is 1. The molecule has 0 aliphatic carbocycles. The van der Waals surface area contributed by atoms with E-state index in [0.29, 0.717) is 17.6 Å². The first-order chi connectivity index (χ1) is 14.2. The average molecular weight is 394 g/mol. The molecule has 0 unspecified atom stereocenters. The van der Waals surface area contributed by atoms with Crippen LogP contribution in [0.15, 0.2) is 48.7 Å². The van der Waals surface area contributed by atoms with Crippen LogP contribution in [0, 0.1) is 0 Å². The van der Waals surface area contributed by atoms with Crippen molar-refractivity contribution >= 4 is 11.7 Å². The number of piperidine rings is 1. The summed E-state index contributed by atoms with van der Waals surface area (Å²) in [5, 5.41) is 0. The lowest BCUT2D eigenvalue weighted by molar-refractivity contribution is 0.0760. The van der Waals surface area contributed by atoms with Crippen LogP contribution in [0.2, 0.25) is 0 Å². The highest BCUT2D eigenvalue weighted by atomic mass is 16.5. The van der Waals surface area contributed by atoms with Gasteiger partial charge in [0.15, 0.2) is 0 Å². The van der Waals surface area contributed by atoms with Crippen LogP contribution in [0.5, 0.6) is 0 Å². The van der Waals surface area contributed by atoms with E-state index in [2.05, 4.69) is 40.2 Å². The Labute approximate surface area is 173 Å². The van der Waals surface area contributed by atoms with Crippen LogP contribution in [0.1, 0.15) is 53.9 Å². The highest BCUT2D eigenvalue weighted by Gasteiger charge is 2.24. The van der Waals surface area contributed by atoms with Crippen molar-refractivity contribution in [3.05, 3.63) is 59.8 Å². The second kappa shape index (κ2) is 9.40. The minimum Gasteiger partial charge on any atom is -0.381 e. The van der Waals surface area contributed by atoms with Crippen LogP contribution in [-0.4, -0.2) is 55.2 Å². The molecule has 2 saturated heterocycles. The summed E-state index contributed by atoms with van der Waals surface area (Å²) in [5.41, 5.74) is 2.09. The monoisotopic (exact) mass is 393 g/mol. The molecule has 1 amide bonds. The number of carbonyl (C=O) groups excluding carboxylic acids is 1. The van der Waals surface area contributed by atoms with Gasteiger partial charge in [0.2, 0.25) is 0 Å². The Bertz CT molecular complexity index is 786. The molecule has 2 aliphatic rings. The molecule has 29 heavy (non-hydrogen) atoms. The fraction of sp³-hybridized carbons (Fsp3) is 0.500. The summed E-state index contributed by atoms with van der Waals surface area (Å²) < 4.78 is 5.44. The van der Waals surface area contributed by atoms with Crippen LogP contribution in [0.4, 0.5) is 5.82 Å². The summed E-state index contributed by atoms with van der Waals surface area (Å²) in [5.74, 6) is 1.61. The van der Waals surface area contributed by atoms with Crippen molar-refractivity contribution in [3.63, 3.8) is 0 Å². The molecule has 1 atom stereocenters. The molecule has 1 aromatic heterocycles. The van der Waals surface area contributed by atoms with Gasteiger partial charge in [0.1, 0.15) is 5.82 Å². The summed E-state index contributed by atoms with van der Waals surface area (Å²) in [7, 11) is 1.78. The number of methoxy groups -OCH3 is 1. The molecular formula is C24H31N3O2. The number of nitrogens with zero attached hydrogens (tertiary/aromatic N) is 3. The second-order valence-electron chi connectivity index (χ2n) is 8.16. The van der Waals surface area contributed by atoms with Gasteiger partial charge in [-0.1, -0.05) is 30.3 Å². The predicted octanol–water partition coefficient (Wildman–Crippen LogP) is 4.11. The second-order valence-corrected chi connectivity index (χ2v) is 8.16. The van der Waals surface area contributed by atoms with Crippen LogP contribution in [0.25, 0.3) is 0 Å². The summed E-state index contributed by atoms with van der Waals surface area (Å²) in [4.78, 5) is 21.9. The molecule has 0 saturated carbocycles. The summed E-state index contributed by atoms with van der Waals surface area (Å²) >= 11 is 0. The molecule has 2 aromatic rings. The first-order valence-corrected chi connectivity index (χ1v) is 10.8. The fourth-order valence-electron chi connectivity index (χ4n) is 4.56. The van der Waals surface area contributed by atoms with Gasteiger partial charge in [-0.3, -0.25) is 4.79 Å². The zero-order valence-electron chi connectivity index (χ0n) is 17.3. The standard InChI is InChI=1S/C24H31N3O2/c1-29-22-12-16-26(17-13-22)23-10-9-21(18-25-23)24(28)27-14-5-8-20(11-15-27)19-6-3-2-4-7-19/h2-4,6-7,9-10,18,20,22H,5,8,11-17H2,1H3/t20-/m1/s1. The quantitative estimate of drug-likeness (QED) is 0.784. The Morgan fingerprint density at radius 2 is 1.76 bits per heavy atom. The highest BCUT2D eigenvalue weighted by molar-refractivity contribution is 5.94. The van der Waals surface area contributed by atoms with Crippen molar-refractivity contribution in [2.24, 2.45) is 0 Å². The minimum atomic E-state index is 0.107. The number of benzene rings is 1. The van der Waals surface area contributed by atoms with E-state index < -0.39 is 0 Å². The molecule has 5 nitrogen and oxygen atoms in total. The van der Waals surface area contributed by atoms with E-state index >= 15 is 0 Å². The van der Waals surface area contributed by atoms with Gasteiger partial charge in [-0.05, 0) is 55.7 Å². The third kappa shape index (κ3) is 4.78. The Morgan fingerprint density at radius 1 is 0.966 bits per heavy atom. The third-order valence-corrected chi connectivity index (χ3v) is 6.38. The van der Waals surface area contributed by atoms with Crippen LogP contribution >= 0.6 is 0 Å². The van der Waals surface area contributed by atoms with Crippen molar-refractivity contribution in [2.45, 2.75) is 44.1 Å². The molecule has 154 valence electrons. The fourth-order valence-corrected chi connectivity index (χ4v) is 4.56. The molecule has 2 fully saturated rings. The zero-order chi connectivity index (χ0) is 20.1. The average Bonchev–Trinajstić information content (AvgIpc) is 3.06. The number of amides is 1. The smallest absolute Gasteiger partial charge is 0.255 e. The Morgan fingerprint density at radius 3 is 2.45 bits per heavy atom. The van der Waals surface area contributed by atoms with Crippen molar-refractivity contribution in [2.75, 3.05) is 38.2 Å². The van der Waals surface area contributed by atoms with E-state index in [4.69, 9.17) is 4.74 Å². The predicted molar refractivity (Wildman–Crippen MR) is 115 cm³/mol. The van der Waals surface area contributed by atoms with E-state index in [-0.39, 0.29) is 5.91 Å². The van der Waals surface area contributed by atoms with E-state index in [0.717, 1.165) is 64.1 Å². The summed E-state index contributed by atoms with van der Waals surface area (Å²) in [6, 6.07) is 14.6. The SMILES string of the molecule is COC1CCN(c2ccc(C(=O)N3CCC[C@@H](c4ccccc4)CC3)cn2)CC1. The Balaban J connectivity index is 1.36. The van der Waals surface area contributed by atoms with Crippen molar-refractivity contribution in [1.82, 2.24) is 9.88 Å². The number of hydrogen-bond donors (Lipinski definition) is 0. The largest absolute Gasteiger partial charge is 0.381 e. The third-order valence-electron chi connectivity index (χ3n) is 6.38. The number of hydrogen-bond acceptors (Lipinski definition) is 4. The van der Waals surface area contributed by atoms with E-state index in [9.17, 15) is 4.79 Å². The maximum Gasteiger partial charge on any atom is 0.255 e. The van der Waals surface area contributed by atoms with Gasteiger partial charge in [-0.2, -0.15) is 0 Å².